The molecule has 1 aliphatic rings. The minimum Gasteiger partial charge on any atom is -0.301 e. The lowest BCUT2D eigenvalue weighted by molar-refractivity contribution is 0.306. The van der Waals surface area contributed by atoms with Crippen LogP contribution < -0.4 is 4.72 Å². The first kappa shape index (κ1) is 17.6. The minimum atomic E-state index is -3.49. The van der Waals surface area contributed by atoms with Crippen LogP contribution >= 0.6 is 0 Å². The Kier molecular flexibility index (Phi) is 4.92. The maximum absolute atomic E-state index is 12.2. The van der Waals surface area contributed by atoms with Crippen LogP contribution in [0.15, 0.2) is 58.4 Å². The number of rotatable bonds is 5. The topological polar surface area (TPSA) is 61.8 Å². The van der Waals surface area contributed by atoms with Crippen LogP contribution in [0.1, 0.15) is 29.7 Å². The molecule has 2 aromatic carbocycles. The lowest BCUT2D eigenvalue weighted by atomic mass is 10.0. The van der Waals surface area contributed by atoms with Crippen molar-refractivity contribution in [3.05, 3.63) is 65.2 Å². The number of sulfonamides is 1. The van der Waals surface area contributed by atoms with Crippen molar-refractivity contribution in [2.75, 3.05) is 20.6 Å². The van der Waals surface area contributed by atoms with Gasteiger partial charge in [-0.1, -0.05) is 43.3 Å². The zero-order chi connectivity index (χ0) is 18.0. The average molecular weight is 357 g/mol. The van der Waals surface area contributed by atoms with Crippen molar-refractivity contribution in [2.24, 2.45) is 4.99 Å². The van der Waals surface area contributed by atoms with E-state index >= 15 is 0 Å². The van der Waals surface area contributed by atoms with Crippen LogP contribution in [0.5, 0.6) is 0 Å². The summed E-state index contributed by atoms with van der Waals surface area (Å²) in [6, 6.07) is 15.5. The van der Waals surface area contributed by atoms with E-state index in [-0.39, 0.29) is 6.04 Å². The molecule has 0 amide bonds. The summed E-state index contributed by atoms with van der Waals surface area (Å²) in [5.74, 6) is 0.424. The maximum Gasteiger partial charge on any atom is 0.263 e. The van der Waals surface area contributed by atoms with Crippen molar-refractivity contribution in [2.45, 2.75) is 24.3 Å². The van der Waals surface area contributed by atoms with Crippen molar-refractivity contribution in [1.29, 1.82) is 0 Å². The number of nitrogens with one attached hydrogen (secondary N) is 1. The highest BCUT2D eigenvalue weighted by Gasteiger charge is 2.30. The Morgan fingerprint density at radius 2 is 1.76 bits per heavy atom. The number of likely N-dealkylation sites (N-methyl/N-ethyl adjacent to an activating group) is 1. The number of aryl methyl sites for hydroxylation is 1. The number of aliphatic imine (C=N–C) groups is 1. The van der Waals surface area contributed by atoms with Crippen molar-refractivity contribution >= 4 is 15.9 Å². The normalized spacial score (nSPS) is 18.2. The van der Waals surface area contributed by atoms with E-state index in [2.05, 4.69) is 45.8 Å². The molecule has 0 aliphatic carbocycles. The molecule has 0 fully saturated rings. The van der Waals surface area contributed by atoms with Gasteiger partial charge in [-0.2, -0.15) is 0 Å². The molecule has 5 nitrogen and oxygen atoms in total. The van der Waals surface area contributed by atoms with Gasteiger partial charge in [-0.25, -0.2) is 8.42 Å². The molecule has 0 unspecified atom stereocenters. The Balaban J connectivity index is 1.88. The van der Waals surface area contributed by atoms with Gasteiger partial charge >= 0.3 is 0 Å². The van der Waals surface area contributed by atoms with E-state index in [0.29, 0.717) is 22.8 Å². The third-order valence-electron chi connectivity index (χ3n) is 4.48. The van der Waals surface area contributed by atoms with Gasteiger partial charge in [-0.05, 0) is 43.8 Å². The molecule has 1 aliphatic heterocycles. The van der Waals surface area contributed by atoms with E-state index < -0.39 is 10.0 Å². The van der Waals surface area contributed by atoms with Crippen LogP contribution in [0.2, 0.25) is 0 Å². The van der Waals surface area contributed by atoms with Crippen molar-refractivity contribution in [3.63, 3.8) is 0 Å². The summed E-state index contributed by atoms with van der Waals surface area (Å²) in [4.78, 5) is 6.98. The molecule has 0 saturated heterocycles. The fraction of sp³-hybridized carbons (Fsp3) is 0.316. The number of fused-ring (bicyclic) bond motifs is 1. The molecule has 0 saturated carbocycles. The summed E-state index contributed by atoms with van der Waals surface area (Å²) >= 11 is 0. The quantitative estimate of drug-likeness (QED) is 0.895. The largest absolute Gasteiger partial charge is 0.301 e. The molecular formula is C19H23N3O2S. The van der Waals surface area contributed by atoms with Gasteiger partial charge in [0.1, 0.15) is 5.84 Å². The van der Waals surface area contributed by atoms with Gasteiger partial charge < -0.3 is 4.90 Å². The van der Waals surface area contributed by atoms with Crippen LogP contribution in [0.3, 0.4) is 0 Å². The van der Waals surface area contributed by atoms with Gasteiger partial charge in [-0.15, -0.1) is 0 Å². The molecule has 1 N–H and O–H groups in total. The smallest absolute Gasteiger partial charge is 0.263 e. The van der Waals surface area contributed by atoms with E-state index in [1.165, 1.54) is 11.1 Å². The Bertz CT molecular complexity index is 887. The third kappa shape index (κ3) is 3.60. The second-order valence-corrected chi connectivity index (χ2v) is 8.02. The lowest BCUT2D eigenvalue weighted by Gasteiger charge is -2.23. The lowest BCUT2D eigenvalue weighted by Crippen LogP contribution is -2.26. The first-order valence-corrected chi connectivity index (χ1v) is 9.82. The highest BCUT2D eigenvalue weighted by atomic mass is 32.2. The van der Waals surface area contributed by atoms with Gasteiger partial charge in [0.15, 0.2) is 0 Å². The van der Waals surface area contributed by atoms with Gasteiger partial charge in [0.2, 0.25) is 0 Å². The number of amidine groups is 1. The molecule has 3 rings (SSSR count). The first-order valence-electron chi connectivity index (χ1n) is 8.34. The fourth-order valence-corrected chi connectivity index (χ4v) is 4.22. The predicted molar refractivity (Wildman–Crippen MR) is 100 cm³/mol. The first-order chi connectivity index (χ1) is 11.9. The fourth-order valence-electron chi connectivity index (χ4n) is 2.97. The van der Waals surface area contributed by atoms with E-state index in [0.717, 1.165) is 6.42 Å². The number of nitrogens with zero attached hydrogens (tertiary/aromatic N) is 2. The maximum atomic E-state index is 12.2. The Morgan fingerprint density at radius 1 is 1.08 bits per heavy atom. The number of hydrogen-bond acceptors (Lipinski definition) is 4. The predicted octanol–water partition coefficient (Wildman–Crippen LogP) is 2.59. The monoisotopic (exact) mass is 357 g/mol. The standard InChI is InChI=1S/C19H23N3O2S/c1-4-14-9-11-15(12-10-14)17(22(2)3)13-20-19-16-7-5-6-8-18(16)25(23,24)21-19/h5-12,17H,4,13H2,1-3H3,(H,20,21)/t17-/m0/s1. The summed E-state index contributed by atoms with van der Waals surface area (Å²) in [6.07, 6.45) is 1.01. The zero-order valence-electron chi connectivity index (χ0n) is 14.7. The second kappa shape index (κ2) is 6.98. The van der Waals surface area contributed by atoms with Gasteiger partial charge in [0, 0.05) is 5.56 Å². The number of hydrogen-bond donors (Lipinski definition) is 1. The van der Waals surface area contributed by atoms with Crippen molar-refractivity contribution < 1.29 is 8.42 Å². The van der Waals surface area contributed by atoms with Crippen LogP contribution in [-0.2, 0) is 16.4 Å². The second-order valence-electron chi connectivity index (χ2n) is 6.37. The SMILES string of the molecule is CCc1ccc([C@H](CN=C2NS(=O)(=O)c3ccccc32)N(C)C)cc1. The van der Waals surface area contributed by atoms with Crippen LogP contribution in [0.25, 0.3) is 0 Å². The highest BCUT2D eigenvalue weighted by molar-refractivity contribution is 7.90. The average Bonchev–Trinajstić information content (AvgIpc) is 2.86. The molecule has 132 valence electrons. The molecule has 2 aromatic rings. The molecule has 0 radical (unpaired) electrons. The molecule has 1 heterocycles. The Hall–Kier alpha value is -2.18. The Morgan fingerprint density at radius 3 is 2.40 bits per heavy atom. The summed E-state index contributed by atoms with van der Waals surface area (Å²) < 4.78 is 26.9. The summed E-state index contributed by atoms with van der Waals surface area (Å²) in [5, 5.41) is 0. The molecule has 1 atom stereocenters. The van der Waals surface area contributed by atoms with E-state index in [9.17, 15) is 8.42 Å². The molecule has 25 heavy (non-hydrogen) atoms. The van der Waals surface area contributed by atoms with E-state index in [4.69, 9.17) is 0 Å². The molecular weight excluding hydrogens is 334 g/mol. The highest BCUT2D eigenvalue weighted by Crippen LogP contribution is 2.24. The Labute approximate surface area is 149 Å². The van der Waals surface area contributed by atoms with E-state index in [1.54, 1.807) is 18.2 Å². The van der Waals surface area contributed by atoms with Crippen molar-refractivity contribution in [1.82, 2.24) is 9.62 Å². The summed E-state index contributed by atoms with van der Waals surface area (Å²) in [7, 11) is 0.520. The van der Waals surface area contributed by atoms with E-state index in [1.807, 2.05) is 20.2 Å². The third-order valence-corrected chi connectivity index (χ3v) is 5.88. The number of benzene rings is 2. The van der Waals surface area contributed by atoms with Crippen LogP contribution in [-0.4, -0.2) is 39.8 Å². The molecule has 6 heteroatoms. The summed E-state index contributed by atoms with van der Waals surface area (Å²) in [6.45, 7) is 2.61. The summed E-state index contributed by atoms with van der Waals surface area (Å²) in [5.41, 5.74) is 3.10. The van der Waals surface area contributed by atoms with Gasteiger partial charge in [0.05, 0.1) is 17.5 Å². The van der Waals surface area contributed by atoms with Crippen molar-refractivity contribution in [3.8, 4) is 0 Å². The molecule has 0 aromatic heterocycles. The zero-order valence-corrected chi connectivity index (χ0v) is 15.5. The molecule has 0 bridgehead atoms. The van der Waals surface area contributed by atoms with Gasteiger partial charge in [0.25, 0.3) is 10.0 Å². The van der Waals surface area contributed by atoms with Crippen LogP contribution in [0.4, 0.5) is 0 Å². The molecule has 0 spiro atoms. The van der Waals surface area contributed by atoms with Crippen LogP contribution in [0, 0.1) is 0 Å². The van der Waals surface area contributed by atoms with Gasteiger partial charge in [-0.3, -0.25) is 9.71 Å². The minimum absolute atomic E-state index is 0.0793.